The van der Waals surface area contributed by atoms with Crippen molar-refractivity contribution in [1.82, 2.24) is 0 Å². The first kappa shape index (κ1) is 63.2. The largest absolute Gasteiger partial charge is 1.00 e. The predicted octanol–water partition coefficient (Wildman–Crippen LogP) is -4.43. The second kappa shape index (κ2) is 20.5. The van der Waals surface area contributed by atoms with E-state index >= 15 is 0 Å². The molecule has 0 bridgehead atoms. The molecule has 0 rings (SSSR count). The van der Waals surface area contributed by atoms with Crippen LogP contribution in [-0.4, -0.2) is 151 Å². The van der Waals surface area contributed by atoms with Crippen LogP contribution in [0.5, 0.6) is 0 Å². The van der Waals surface area contributed by atoms with Gasteiger partial charge in [0, 0.05) is 0 Å². The maximum absolute atomic E-state index is 13.4. The molecule has 61 heavy (non-hydrogen) atoms. The van der Waals surface area contributed by atoms with E-state index < -0.39 is 141 Å². The van der Waals surface area contributed by atoms with Crippen molar-refractivity contribution in [3.05, 3.63) is 0 Å². The third-order valence-electron chi connectivity index (χ3n) is 8.89. The number of rotatable bonds is 28. The molecule has 30 nitrogen and oxygen atoms in total. The van der Waals surface area contributed by atoms with Crippen molar-refractivity contribution < 1.29 is 161 Å². The van der Waals surface area contributed by atoms with E-state index in [1.807, 2.05) is 6.92 Å². The Hall–Kier alpha value is 0.1000. The molecule has 0 spiro atoms. The van der Waals surface area contributed by atoms with Gasteiger partial charge in [0.1, 0.15) is 5.25 Å². The Bertz CT molecular complexity index is 2550. The molecule has 0 aromatic carbocycles. The van der Waals surface area contributed by atoms with Crippen LogP contribution in [-0.2, 0) is 101 Å². The predicted molar refractivity (Wildman–Crippen MR) is 202 cm³/mol. The fourth-order valence-electron chi connectivity index (χ4n) is 6.86. The Balaban J connectivity index is -0.0000174. The SMILES string of the molecule is CCCCCCCCCCCCCCCC(C(C(C(C(S(=O)(=O)O)(S(=O)(=O)O)S(=O)(=O)O)(S(=O)(=O)O)S(=O)(=O)O)(S(=O)(=O)O)S(=O)(=O)O)(S(=O)(=O)O)S(=O)(=O)O)S(=O)(=O)O.[H-].[Na+]. The smallest absolute Gasteiger partial charge is 1.00 e. The molecular formula is C20H43NaO30S10. The van der Waals surface area contributed by atoms with E-state index in [1.165, 1.54) is 0 Å². The number of hydrogen-bond donors (Lipinski definition) is 10. The molecule has 0 aromatic rings. The maximum atomic E-state index is 13.4. The molecule has 0 amide bonds. The van der Waals surface area contributed by atoms with Gasteiger partial charge in [-0.1, -0.05) is 90.4 Å². The van der Waals surface area contributed by atoms with Gasteiger partial charge in [-0.2, -0.15) is 84.2 Å². The molecule has 0 fully saturated rings. The van der Waals surface area contributed by atoms with Crippen LogP contribution in [0.4, 0.5) is 0 Å². The molecule has 0 heterocycles. The van der Waals surface area contributed by atoms with Crippen LogP contribution in [0, 0.1) is 0 Å². The normalized spacial score (nSPS) is 15.9. The zero-order chi connectivity index (χ0) is 48.5. The van der Waals surface area contributed by atoms with Crippen molar-refractivity contribution in [1.29, 1.82) is 0 Å². The summed E-state index contributed by atoms with van der Waals surface area (Å²) in [5, 5.41) is -5.34. The molecular weight excluding hydrogens is 1060 g/mol. The first-order valence-corrected chi connectivity index (χ1v) is 30.3. The van der Waals surface area contributed by atoms with Gasteiger partial charge in [0.25, 0.3) is 74.9 Å². The quantitative estimate of drug-likeness (QED) is 0.0201. The summed E-state index contributed by atoms with van der Waals surface area (Å²) in [4.78, 5) is 0. The van der Waals surface area contributed by atoms with Gasteiger partial charge in [-0.15, -0.1) is 0 Å². The topological polar surface area (TPSA) is 544 Å². The molecule has 0 aromatic heterocycles. The molecule has 0 saturated carbocycles. The average molecular weight is 1110 g/mol. The first-order chi connectivity index (χ1) is 26.2. The third-order valence-corrected chi connectivity index (χ3v) is 30.9. The van der Waals surface area contributed by atoms with Crippen LogP contribution in [0.15, 0.2) is 0 Å². The number of hydrogen-bond acceptors (Lipinski definition) is 20. The Labute approximate surface area is 376 Å². The average Bonchev–Trinajstić information content (AvgIpc) is 2.93. The zero-order valence-electron chi connectivity index (χ0n) is 32.2. The van der Waals surface area contributed by atoms with Gasteiger partial charge in [-0.3, -0.25) is 45.5 Å². The summed E-state index contributed by atoms with van der Waals surface area (Å²) in [7, 11) is -90.6. The first-order valence-electron chi connectivity index (χ1n) is 15.9. The van der Waals surface area contributed by atoms with Crippen molar-refractivity contribution in [2.75, 3.05) is 0 Å². The van der Waals surface area contributed by atoms with Crippen LogP contribution in [0.2, 0.25) is 0 Å². The van der Waals surface area contributed by atoms with E-state index in [-0.39, 0.29) is 43.8 Å². The summed E-state index contributed by atoms with van der Waals surface area (Å²) >= 11 is 0. The van der Waals surface area contributed by atoms with Crippen LogP contribution < -0.4 is 29.6 Å². The summed E-state index contributed by atoms with van der Waals surface area (Å²) in [6.45, 7) is 1.99. The molecule has 0 aliphatic rings. The Morgan fingerprint density at radius 3 is 0.754 bits per heavy atom. The molecule has 0 aliphatic heterocycles. The monoisotopic (exact) mass is 1110 g/mol. The fourth-order valence-corrected chi connectivity index (χ4v) is 32.4. The minimum atomic E-state index is -9.51. The summed E-state index contributed by atoms with van der Waals surface area (Å²) in [5.74, 6) is 0. The van der Waals surface area contributed by atoms with Crippen LogP contribution in [0.1, 0.15) is 98.2 Å². The second-order valence-corrected chi connectivity index (χ2v) is 30.0. The summed E-state index contributed by atoms with van der Waals surface area (Å²) in [5.41, 5.74) is 0. The van der Waals surface area contributed by atoms with E-state index in [0.717, 1.165) is 38.5 Å². The molecule has 41 heteroatoms. The van der Waals surface area contributed by atoms with Gasteiger partial charge < -0.3 is 1.43 Å². The molecule has 1 unspecified atom stereocenters. The van der Waals surface area contributed by atoms with Crippen molar-refractivity contribution in [2.45, 2.75) is 118 Å². The second-order valence-electron chi connectivity index (χ2n) is 12.8. The van der Waals surface area contributed by atoms with Crippen LogP contribution in [0.25, 0.3) is 0 Å². The molecule has 0 aliphatic carbocycles. The minimum absolute atomic E-state index is 0. The molecule has 1 atom stereocenters. The molecule has 10 N–H and O–H groups in total. The van der Waals surface area contributed by atoms with E-state index in [1.54, 1.807) is 0 Å². The van der Waals surface area contributed by atoms with Gasteiger partial charge in [-0.25, -0.2) is 0 Å². The van der Waals surface area contributed by atoms with E-state index in [2.05, 4.69) is 0 Å². The van der Waals surface area contributed by atoms with E-state index in [9.17, 15) is 130 Å². The third kappa shape index (κ3) is 11.1. The zero-order valence-corrected chi connectivity index (χ0v) is 41.4. The van der Waals surface area contributed by atoms with Gasteiger partial charge >= 0.3 is 71.5 Å². The summed E-state index contributed by atoms with van der Waals surface area (Å²) in [6.07, 6.45) is 2.00. The Morgan fingerprint density at radius 2 is 0.574 bits per heavy atom. The van der Waals surface area contributed by atoms with Gasteiger partial charge in [0.05, 0.1) is 0 Å². The maximum Gasteiger partial charge on any atom is 1.00 e. The van der Waals surface area contributed by atoms with Gasteiger partial charge in [0.2, 0.25) is 0 Å². The van der Waals surface area contributed by atoms with Crippen molar-refractivity contribution in [3.8, 4) is 0 Å². The van der Waals surface area contributed by atoms with Crippen molar-refractivity contribution in [3.63, 3.8) is 0 Å². The minimum Gasteiger partial charge on any atom is -1.00 e. The van der Waals surface area contributed by atoms with Crippen molar-refractivity contribution >= 4 is 101 Å². The molecule has 0 radical (unpaired) electrons. The summed E-state index contributed by atoms with van der Waals surface area (Å²) < 4.78 is 330. The standard InChI is InChI=1S/C20H42O30S10.Na.H/c1-2-3-4-5-6-7-8-9-10-11-12-13-14-15-16(51(21,22)23)17(52(24,25)26,53(27,28)29)18(54(30,31)32,55(33,34)35)19(56(36,37)38,57(39,40)41)20(58(42,43)44,59(45,46)47)60(48,49)50;;/h16H,2-15H2,1H3,(H,21,22,23)(H,24,25,26)(H,27,28,29)(H,30,31,32)(H,33,34,35)(H,36,37,38)(H,39,40,41)(H,42,43,44)(H,45,46,47)(H,48,49,50);;/q;+1;-1. The summed E-state index contributed by atoms with van der Waals surface area (Å²) in [6, 6.07) is 0. The Morgan fingerprint density at radius 1 is 0.344 bits per heavy atom. The van der Waals surface area contributed by atoms with E-state index in [4.69, 9.17) is 0 Å². The van der Waals surface area contributed by atoms with Crippen LogP contribution >= 0.6 is 0 Å². The van der Waals surface area contributed by atoms with Crippen LogP contribution in [0.3, 0.4) is 0 Å². The molecule has 0 saturated heterocycles. The fraction of sp³-hybridized carbons (Fsp3) is 1.00. The van der Waals surface area contributed by atoms with E-state index in [0.29, 0.717) is 19.3 Å². The Kier molecular flexibility index (Phi) is 21.3. The van der Waals surface area contributed by atoms with Gasteiger partial charge in [-0.05, 0) is 6.42 Å². The van der Waals surface area contributed by atoms with Gasteiger partial charge in [0.15, 0.2) is 0 Å². The molecule has 364 valence electrons. The number of unbranched alkanes of at least 4 members (excludes halogenated alkanes) is 12. The van der Waals surface area contributed by atoms with Crippen molar-refractivity contribution in [2.24, 2.45) is 0 Å².